The first kappa shape index (κ1) is 16.1. The van der Waals surface area contributed by atoms with Crippen LogP contribution in [-0.4, -0.2) is 49.3 Å². The summed E-state index contributed by atoms with van der Waals surface area (Å²) < 4.78 is 11.0. The quantitative estimate of drug-likeness (QED) is 0.746. The largest absolute Gasteiger partial charge is 0.493 e. The molecule has 1 saturated heterocycles. The summed E-state index contributed by atoms with van der Waals surface area (Å²) in [5, 5.41) is 9.39. The predicted octanol–water partition coefficient (Wildman–Crippen LogP) is 2.51. The third-order valence-electron chi connectivity index (χ3n) is 4.93. The Kier molecular flexibility index (Phi) is 5.06. The second kappa shape index (κ2) is 7.21. The van der Waals surface area contributed by atoms with E-state index < -0.39 is 5.97 Å². The normalized spacial score (nSPS) is 24.6. The van der Waals surface area contributed by atoms with Crippen LogP contribution in [0.3, 0.4) is 0 Å². The van der Waals surface area contributed by atoms with E-state index in [-0.39, 0.29) is 5.92 Å². The smallest absolute Gasteiger partial charge is 0.308 e. The number of para-hydroxylation sites is 2. The Morgan fingerprint density at radius 2 is 2.00 bits per heavy atom. The van der Waals surface area contributed by atoms with Crippen LogP contribution in [-0.2, 0) is 4.79 Å². The molecule has 0 unspecified atom stereocenters. The Labute approximate surface area is 137 Å². The molecule has 3 rings (SSSR count). The Morgan fingerprint density at radius 1 is 1.26 bits per heavy atom. The van der Waals surface area contributed by atoms with Crippen LogP contribution >= 0.6 is 0 Å². The number of rotatable bonds is 8. The van der Waals surface area contributed by atoms with E-state index in [9.17, 15) is 9.90 Å². The van der Waals surface area contributed by atoms with E-state index in [4.69, 9.17) is 9.47 Å². The summed E-state index contributed by atoms with van der Waals surface area (Å²) in [6, 6.07) is 7.63. The zero-order valence-electron chi connectivity index (χ0n) is 13.6. The van der Waals surface area contributed by atoms with E-state index in [0.717, 1.165) is 31.0 Å². The molecule has 1 aliphatic carbocycles. The van der Waals surface area contributed by atoms with E-state index in [1.807, 2.05) is 24.3 Å². The van der Waals surface area contributed by atoms with Crippen molar-refractivity contribution in [3.05, 3.63) is 24.3 Å². The van der Waals surface area contributed by atoms with Gasteiger partial charge in [0.05, 0.1) is 19.6 Å². The summed E-state index contributed by atoms with van der Waals surface area (Å²) in [7, 11) is 1.64. The monoisotopic (exact) mass is 319 g/mol. The first-order chi connectivity index (χ1) is 11.2. The number of benzene rings is 1. The number of likely N-dealkylation sites (tertiary alicyclic amines) is 1. The van der Waals surface area contributed by atoms with Crippen molar-refractivity contribution in [3.8, 4) is 11.5 Å². The number of aliphatic carboxylic acids is 1. The van der Waals surface area contributed by atoms with E-state index in [0.29, 0.717) is 25.0 Å². The highest BCUT2D eigenvalue weighted by atomic mass is 16.5. The Balaban J connectivity index is 1.43. The van der Waals surface area contributed by atoms with Crippen molar-refractivity contribution in [2.45, 2.75) is 19.3 Å². The SMILES string of the molecule is COc1ccccc1OCCCN1C[C@H](C(=O)O)[C@@H](C2CC2)C1. The van der Waals surface area contributed by atoms with Gasteiger partial charge in [-0.25, -0.2) is 0 Å². The topological polar surface area (TPSA) is 59.0 Å². The lowest BCUT2D eigenvalue weighted by molar-refractivity contribution is -0.142. The molecule has 5 heteroatoms. The Bertz CT molecular complexity index is 544. The maximum Gasteiger partial charge on any atom is 0.308 e. The molecule has 2 fully saturated rings. The molecular formula is C18H25NO4. The molecular weight excluding hydrogens is 294 g/mol. The van der Waals surface area contributed by atoms with Gasteiger partial charge in [-0.15, -0.1) is 0 Å². The van der Waals surface area contributed by atoms with Gasteiger partial charge in [0.2, 0.25) is 0 Å². The van der Waals surface area contributed by atoms with Crippen LogP contribution in [0.1, 0.15) is 19.3 Å². The molecule has 1 heterocycles. The number of nitrogens with zero attached hydrogens (tertiary/aromatic N) is 1. The average molecular weight is 319 g/mol. The van der Waals surface area contributed by atoms with E-state index in [1.54, 1.807) is 7.11 Å². The second-order valence-corrected chi connectivity index (χ2v) is 6.56. The molecule has 0 aromatic heterocycles. The fraction of sp³-hybridized carbons (Fsp3) is 0.611. The van der Waals surface area contributed by atoms with Crippen molar-refractivity contribution in [1.29, 1.82) is 0 Å². The van der Waals surface area contributed by atoms with Crippen molar-refractivity contribution in [2.24, 2.45) is 17.8 Å². The Hall–Kier alpha value is -1.75. The molecule has 1 N–H and O–H groups in total. The molecule has 1 aliphatic heterocycles. The highest BCUT2D eigenvalue weighted by molar-refractivity contribution is 5.71. The minimum absolute atomic E-state index is 0.183. The molecule has 2 aliphatic rings. The zero-order chi connectivity index (χ0) is 16.2. The van der Waals surface area contributed by atoms with E-state index in [2.05, 4.69) is 4.90 Å². The third kappa shape index (κ3) is 3.96. The summed E-state index contributed by atoms with van der Waals surface area (Å²) in [6.07, 6.45) is 3.31. The minimum Gasteiger partial charge on any atom is -0.493 e. The molecule has 1 saturated carbocycles. The highest BCUT2D eigenvalue weighted by Crippen LogP contribution is 2.44. The van der Waals surface area contributed by atoms with Gasteiger partial charge in [-0.1, -0.05) is 12.1 Å². The van der Waals surface area contributed by atoms with Crippen LogP contribution in [0.2, 0.25) is 0 Å². The predicted molar refractivity (Wildman–Crippen MR) is 86.9 cm³/mol. The van der Waals surface area contributed by atoms with Gasteiger partial charge in [0.15, 0.2) is 11.5 Å². The van der Waals surface area contributed by atoms with Gasteiger partial charge in [0.1, 0.15) is 0 Å². The molecule has 0 amide bonds. The second-order valence-electron chi connectivity index (χ2n) is 6.56. The molecule has 0 spiro atoms. The summed E-state index contributed by atoms with van der Waals surface area (Å²) >= 11 is 0. The molecule has 0 bridgehead atoms. The van der Waals surface area contributed by atoms with Gasteiger partial charge in [0, 0.05) is 19.6 Å². The number of ether oxygens (including phenoxy) is 2. The minimum atomic E-state index is -0.630. The van der Waals surface area contributed by atoms with Gasteiger partial charge in [-0.3, -0.25) is 4.79 Å². The van der Waals surface area contributed by atoms with Crippen LogP contribution in [0.25, 0.3) is 0 Å². The fourth-order valence-electron chi connectivity index (χ4n) is 3.57. The van der Waals surface area contributed by atoms with Crippen molar-refractivity contribution < 1.29 is 19.4 Å². The van der Waals surface area contributed by atoms with Gasteiger partial charge >= 0.3 is 5.97 Å². The molecule has 1 aromatic rings. The standard InChI is InChI=1S/C18H25NO4/c1-22-16-5-2-3-6-17(16)23-10-4-9-19-11-14(13-7-8-13)15(12-19)18(20)21/h2-3,5-6,13-15H,4,7-12H2,1H3,(H,20,21)/t14-,15+/m1/s1. The summed E-state index contributed by atoms with van der Waals surface area (Å²) in [5.41, 5.74) is 0. The van der Waals surface area contributed by atoms with Crippen LogP contribution in [0, 0.1) is 17.8 Å². The number of carbonyl (C=O) groups is 1. The number of methoxy groups -OCH3 is 1. The first-order valence-corrected chi connectivity index (χ1v) is 8.40. The van der Waals surface area contributed by atoms with Gasteiger partial charge in [-0.2, -0.15) is 0 Å². The number of carboxylic acid groups (broad SMARTS) is 1. The van der Waals surface area contributed by atoms with Gasteiger partial charge in [-0.05, 0) is 43.2 Å². The van der Waals surface area contributed by atoms with E-state index >= 15 is 0 Å². The number of hydrogen-bond acceptors (Lipinski definition) is 4. The zero-order valence-corrected chi connectivity index (χ0v) is 13.6. The fourth-order valence-corrected chi connectivity index (χ4v) is 3.57. The maximum atomic E-state index is 11.4. The van der Waals surface area contributed by atoms with Gasteiger partial charge < -0.3 is 19.5 Å². The highest BCUT2D eigenvalue weighted by Gasteiger charge is 2.45. The number of hydrogen-bond donors (Lipinski definition) is 1. The number of carboxylic acids is 1. The maximum absolute atomic E-state index is 11.4. The lowest BCUT2D eigenvalue weighted by Gasteiger charge is -2.16. The lowest BCUT2D eigenvalue weighted by atomic mass is 9.92. The van der Waals surface area contributed by atoms with Crippen molar-refractivity contribution >= 4 is 5.97 Å². The molecule has 1 aromatic carbocycles. The summed E-state index contributed by atoms with van der Waals surface area (Å²) in [4.78, 5) is 13.7. The van der Waals surface area contributed by atoms with Crippen molar-refractivity contribution in [1.82, 2.24) is 4.90 Å². The van der Waals surface area contributed by atoms with Crippen LogP contribution in [0.4, 0.5) is 0 Å². The van der Waals surface area contributed by atoms with E-state index in [1.165, 1.54) is 12.8 Å². The molecule has 5 nitrogen and oxygen atoms in total. The van der Waals surface area contributed by atoms with Crippen LogP contribution < -0.4 is 9.47 Å². The molecule has 0 radical (unpaired) electrons. The first-order valence-electron chi connectivity index (χ1n) is 8.40. The van der Waals surface area contributed by atoms with Crippen LogP contribution in [0.15, 0.2) is 24.3 Å². The van der Waals surface area contributed by atoms with Crippen molar-refractivity contribution in [3.63, 3.8) is 0 Å². The van der Waals surface area contributed by atoms with Crippen LogP contribution in [0.5, 0.6) is 11.5 Å². The lowest BCUT2D eigenvalue weighted by Crippen LogP contribution is -2.25. The van der Waals surface area contributed by atoms with Crippen molar-refractivity contribution in [2.75, 3.05) is 33.4 Å². The molecule has 23 heavy (non-hydrogen) atoms. The average Bonchev–Trinajstić information content (AvgIpc) is 3.31. The third-order valence-corrected chi connectivity index (χ3v) is 4.93. The van der Waals surface area contributed by atoms with Gasteiger partial charge in [0.25, 0.3) is 0 Å². The molecule has 126 valence electrons. The summed E-state index contributed by atoms with van der Waals surface area (Å²) in [5.74, 6) is 1.69. The Morgan fingerprint density at radius 3 is 2.65 bits per heavy atom. The summed E-state index contributed by atoms with van der Waals surface area (Å²) in [6.45, 7) is 3.12. The molecule has 2 atom stereocenters.